The quantitative estimate of drug-likeness (QED) is 0.517. The van der Waals surface area contributed by atoms with E-state index in [9.17, 15) is 4.79 Å². The predicted octanol–water partition coefficient (Wildman–Crippen LogP) is 1.71. The minimum atomic E-state index is -0.274. The van der Waals surface area contributed by atoms with Crippen molar-refractivity contribution in [3.8, 4) is 0 Å². The van der Waals surface area contributed by atoms with Gasteiger partial charge in [-0.2, -0.15) is 0 Å². The minimum Gasteiger partial charge on any atom is -0.287 e. The number of hydrogen-bond acceptors (Lipinski definition) is 3. The molecule has 0 fully saturated rings. The normalized spacial score (nSPS) is 9.20. The maximum Gasteiger partial charge on any atom is 0.275 e. The number of H-pyrrole nitrogens is 1. The third-order valence-corrected chi connectivity index (χ3v) is 2.92. The first-order valence-electron chi connectivity index (χ1n) is 2.42. The van der Waals surface area contributed by atoms with Crippen LogP contribution < -0.4 is 5.56 Å². The van der Waals surface area contributed by atoms with Crippen LogP contribution >= 0.6 is 23.3 Å². The van der Waals surface area contributed by atoms with Crippen molar-refractivity contribution in [2.45, 2.75) is 4.21 Å². The van der Waals surface area contributed by atoms with Crippen LogP contribution in [0, 0.1) is 6.57 Å². The van der Waals surface area contributed by atoms with Crippen LogP contribution in [0.5, 0.6) is 0 Å². The van der Waals surface area contributed by atoms with Crippen LogP contribution in [-0.4, -0.2) is 10.6 Å². The Morgan fingerprint density at radius 2 is 2.50 bits per heavy atom. The summed E-state index contributed by atoms with van der Waals surface area (Å²) in [7, 11) is 0. The number of thioether (sulfide) groups is 1. The standard InChI is InChI=1S/C5H4N2OS2/c1-6-3-4(8)7-10-5(3)9-2/h2H3,(H,7,8). The monoisotopic (exact) mass is 172 g/mol. The van der Waals surface area contributed by atoms with E-state index in [0.717, 1.165) is 4.21 Å². The number of nitrogens with one attached hydrogen (secondary N) is 1. The summed E-state index contributed by atoms with van der Waals surface area (Å²) in [5.41, 5.74) is -0.0538. The molecule has 0 aliphatic carbocycles. The van der Waals surface area contributed by atoms with Crippen molar-refractivity contribution in [1.82, 2.24) is 4.37 Å². The van der Waals surface area contributed by atoms with E-state index in [1.165, 1.54) is 23.3 Å². The molecule has 0 aliphatic rings. The summed E-state index contributed by atoms with van der Waals surface area (Å²) in [4.78, 5) is 13.9. The molecule has 0 amide bonds. The topological polar surface area (TPSA) is 37.2 Å². The fraction of sp³-hybridized carbons (Fsp3) is 0.200. The Bertz CT molecular complexity index is 319. The Morgan fingerprint density at radius 3 is 2.90 bits per heavy atom. The van der Waals surface area contributed by atoms with Crippen LogP contribution in [0.25, 0.3) is 4.85 Å². The average Bonchev–Trinajstić information content (AvgIpc) is 2.30. The first-order chi connectivity index (χ1) is 4.79. The van der Waals surface area contributed by atoms with E-state index in [4.69, 9.17) is 6.57 Å². The lowest BCUT2D eigenvalue weighted by molar-refractivity contribution is 1.43. The van der Waals surface area contributed by atoms with E-state index in [0.29, 0.717) is 0 Å². The number of nitrogens with zero attached hydrogens (tertiary/aromatic N) is 1. The first kappa shape index (κ1) is 7.38. The summed E-state index contributed by atoms with van der Waals surface area (Å²) in [6.07, 6.45) is 1.84. The lowest BCUT2D eigenvalue weighted by Crippen LogP contribution is -1.93. The molecule has 1 aromatic rings. The highest BCUT2D eigenvalue weighted by Crippen LogP contribution is 2.27. The number of rotatable bonds is 1. The van der Waals surface area contributed by atoms with E-state index in [1.807, 2.05) is 6.26 Å². The molecule has 0 unspecified atom stereocenters. The fourth-order valence-electron chi connectivity index (χ4n) is 0.517. The predicted molar refractivity (Wildman–Crippen MR) is 43.0 cm³/mol. The Balaban J connectivity index is 3.30. The first-order valence-corrected chi connectivity index (χ1v) is 4.46. The molecule has 0 radical (unpaired) electrons. The zero-order chi connectivity index (χ0) is 7.56. The molecule has 1 rings (SSSR count). The van der Waals surface area contributed by atoms with Crippen molar-refractivity contribution in [2.75, 3.05) is 6.26 Å². The number of aromatic nitrogens is 1. The molecule has 0 bridgehead atoms. The summed E-state index contributed by atoms with van der Waals surface area (Å²) < 4.78 is 3.25. The molecule has 52 valence electrons. The van der Waals surface area contributed by atoms with E-state index in [2.05, 4.69) is 9.22 Å². The molecule has 5 heteroatoms. The van der Waals surface area contributed by atoms with Crippen molar-refractivity contribution >= 4 is 29.0 Å². The summed E-state index contributed by atoms with van der Waals surface area (Å²) >= 11 is 2.63. The van der Waals surface area contributed by atoms with E-state index >= 15 is 0 Å². The fourth-order valence-corrected chi connectivity index (χ4v) is 1.82. The highest BCUT2D eigenvalue weighted by molar-refractivity contribution is 8.00. The molecule has 0 aliphatic heterocycles. The van der Waals surface area contributed by atoms with Crippen molar-refractivity contribution in [3.05, 3.63) is 21.8 Å². The van der Waals surface area contributed by atoms with Crippen LogP contribution in [0.2, 0.25) is 0 Å². The smallest absolute Gasteiger partial charge is 0.275 e. The van der Waals surface area contributed by atoms with E-state index in [1.54, 1.807) is 0 Å². The molecule has 0 saturated heterocycles. The summed E-state index contributed by atoms with van der Waals surface area (Å²) in [6.45, 7) is 6.64. The van der Waals surface area contributed by atoms with Crippen molar-refractivity contribution < 1.29 is 0 Å². The second-order valence-corrected chi connectivity index (χ2v) is 3.38. The van der Waals surface area contributed by atoms with Gasteiger partial charge in [0.1, 0.15) is 0 Å². The van der Waals surface area contributed by atoms with Gasteiger partial charge in [-0.3, -0.25) is 9.17 Å². The SMILES string of the molecule is [C-]#[N+]c1c(SC)s[nH]c1=O. The van der Waals surface area contributed by atoms with Crippen molar-refractivity contribution in [1.29, 1.82) is 0 Å². The van der Waals surface area contributed by atoms with Crippen LogP contribution in [-0.2, 0) is 0 Å². The number of hydrogen-bond donors (Lipinski definition) is 1. The highest BCUT2D eigenvalue weighted by Gasteiger charge is 2.07. The molecular weight excluding hydrogens is 168 g/mol. The molecule has 10 heavy (non-hydrogen) atoms. The molecule has 1 heterocycles. The van der Waals surface area contributed by atoms with Gasteiger partial charge in [0.15, 0.2) is 0 Å². The Hall–Kier alpha value is -0.730. The maximum absolute atomic E-state index is 10.8. The molecule has 3 nitrogen and oxygen atoms in total. The average molecular weight is 172 g/mol. The molecule has 0 aromatic carbocycles. The van der Waals surface area contributed by atoms with Crippen molar-refractivity contribution in [2.24, 2.45) is 0 Å². The molecule has 0 spiro atoms. The largest absolute Gasteiger partial charge is 0.287 e. The van der Waals surface area contributed by atoms with Gasteiger partial charge in [-0.15, -0.1) is 11.8 Å². The molecule has 0 saturated carbocycles. The molecular formula is C5H4N2OS2. The Kier molecular flexibility index (Phi) is 2.14. The third kappa shape index (κ3) is 1.08. The molecule has 0 atom stereocenters. The lowest BCUT2D eigenvalue weighted by Gasteiger charge is -1.82. The summed E-state index contributed by atoms with van der Waals surface area (Å²) in [5.74, 6) is 0. The highest BCUT2D eigenvalue weighted by atomic mass is 32.2. The second kappa shape index (κ2) is 2.90. The van der Waals surface area contributed by atoms with Gasteiger partial charge in [0.05, 0.1) is 10.8 Å². The van der Waals surface area contributed by atoms with Crippen LogP contribution in [0.3, 0.4) is 0 Å². The second-order valence-electron chi connectivity index (χ2n) is 1.49. The van der Waals surface area contributed by atoms with Gasteiger partial charge in [0, 0.05) is 0 Å². The third-order valence-electron chi connectivity index (χ3n) is 0.942. The van der Waals surface area contributed by atoms with Gasteiger partial charge in [0.25, 0.3) is 11.2 Å². The Morgan fingerprint density at radius 1 is 1.80 bits per heavy atom. The summed E-state index contributed by atoms with van der Waals surface area (Å²) in [5, 5.41) is 0. The maximum atomic E-state index is 10.8. The minimum absolute atomic E-state index is 0.220. The Labute approximate surface area is 66.0 Å². The van der Waals surface area contributed by atoms with E-state index in [-0.39, 0.29) is 11.2 Å². The van der Waals surface area contributed by atoms with E-state index < -0.39 is 0 Å². The zero-order valence-electron chi connectivity index (χ0n) is 5.17. The van der Waals surface area contributed by atoms with Crippen molar-refractivity contribution in [3.63, 3.8) is 0 Å². The van der Waals surface area contributed by atoms with Crippen LogP contribution in [0.4, 0.5) is 5.69 Å². The van der Waals surface area contributed by atoms with Gasteiger partial charge in [-0.05, 0) is 6.26 Å². The molecule has 1 N–H and O–H groups in total. The van der Waals surface area contributed by atoms with Gasteiger partial charge < -0.3 is 0 Å². The number of aromatic amines is 1. The lowest BCUT2D eigenvalue weighted by atomic mass is 10.6. The van der Waals surface area contributed by atoms with Crippen LogP contribution in [0.1, 0.15) is 0 Å². The molecule has 1 aromatic heterocycles. The van der Waals surface area contributed by atoms with Gasteiger partial charge >= 0.3 is 0 Å². The van der Waals surface area contributed by atoms with Crippen LogP contribution in [0.15, 0.2) is 9.00 Å². The van der Waals surface area contributed by atoms with Gasteiger partial charge in [0.2, 0.25) is 0 Å². The zero-order valence-corrected chi connectivity index (χ0v) is 6.80. The van der Waals surface area contributed by atoms with Gasteiger partial charge in [-0.25, -0.2) is 4.85 Å². The van der Waals surface area contributed by atoms with Gasteiger partial charge in [-0.1, -0.05) is 11.5 Å². The summed E-state index contributed by atoms with van der Waals surface area (Å²) in [6, 6.07) is 0.